The van der Waals surface area contributed by atoms with Gasteiger partial charge in [-0.1, -0.05) is 24.3 Å². The number of thiazole rings is 1. The first kappa shape index (κ1) is 30.2. The smallest absolute Gasteiger partial charge is 0.410 e. The summed E-state index contributed by atoms with van der Waals surface area (Å²) in [5, 5.41) is 6.25. The molecule has 2 aromatic heterocycles. The number of fused-ring (bicyclic) bond motifs is 1. The van der Waals surface area contributed by atoms with E-state index in [2.05, 4.69) is 21.4 Å². The molecule has 1 fully saturated rings. The summed E-state index contributed by atoms with van der Waals surface area (Å²) in [6.07, 6.45) is 5.01. The Balaban J connectivity index is 1.39. The molecular weight excluding hydrogens is 562 g/mol. The fourth-order valence-corrected chi connectivity index (χ4v) is 5.76. The highest BCUT2D eigenvalue weighted by Gasteiger charge is 2.28. The lowest BCUT2D eigenvalue weighted by atomic mass is 10.0. The van der Waals surface area contributed by atoms with Crippen molar-refractivity contribution < 1.29 is 14.3 Å². The summed E-state index contributed by atoms with van der Waals surface area (Å²) in [5.41, 5.74) is 2.02. The molecule has 1 atom stereocenters. The SMILES string of the molecule is Cc1nc(Oc2c(C)cc(N=CN(C)C)c3ccccc23)c(-c2ccnc(N[C@H]3CCCN(C(=O)OC(C)(C)C)C3)n2)s1. The summed E-state index contributed by atoms with van der Waals surface area (Å²) in [5.74, 6) is 1.73. The number of likely N-dealkylation sites (tertiary alicyclic amines) is 1. The molecule has 0 spiro atoms. The molecule has 0 unspecified atom stereocenters. The van der Waals surface area contributed by atoms with E-state index >= 15 is 0 Å². The molecule has 5 rings (SSSR count). The van der Waals surface area contributed by atoms with Gasteiger partial charge in [-0.2, -0.15) is 0 Å². The lowest BCUT2D eigenvalue weighted by Gasteiger charge is -2.34. The van der Waals surface area contributed by atoms with Gasteiger partial charge in [0.2, 0.25) is 11.8 Å². The largest absolute Gasteiger partial charge is 0.444 e. The Morgan fingerprint density at radius 1 is 1.16 bits per heavy atom. The summed E-state index contributed by atoms with van der Waals surface area (Å²) in [4.78, 5) is 35.8. The van der Waals surface area contributed by atoms with Crippen LogP contribution in [0, 0.1) is 13.8 Å². The molecule has 1 amide bonds. The number of hydrogen-bond donors (Lipinski definition) is 1. The minimum atomic E-state index is -0.533. The predicted molar refractivity (Wildman–Crippen MR) is 173 cm³/mol. The maximum atomic E-state index is 12.6. The molecule has 1 aliphatic rings. The third-order valence-corrected chi connectivity index (χ3v) is 7.76. The number of hydrogen-bond acceptors (Lipinski definition) is 9. The number of nitrogens with one attached hydrogen (secondary N) is 1. The molecule has 1 saturated heterocycles. The Morgan fingerprint density at radius 3 is 2.67 bits per heavy atom. The Hall–Kier alpha value is -4.25. The first-order valence-electron chi connectivity index (χ1n) is 14.4. The molecule has 0 bridgehead atoms. The molecule has 4 aromatic rings. The van der Waals surface area contributed by atoms with Gasteiger partial charge in [-0.3, -0.25) is 0 Å². The van der Waals surface area contributed by atoms with Crippen LogP contribution in [0.1, 0.15) is 44.2 Å². The van der Waals surface area contributed by atoms with Crippen LogP contribution in [0.5, 0.6) is 11.6 Å². The number of anilines is 1. The molecule has 226 valence electrons. The number of ether oxygens (including phenoxy) is 2. The number of piperidine rings is 1. The molecule has 1 aliphatic heterocycles. The number of carbonyl (C=O) groups excluding carboxylic acids is 1. The zero-order valence-corrected chi connectivity index (χ0v) is 26.7. The molecule has 3 heterocycles. The van der Waals surface area contributed by atoms with Gasteiger partial charge in [-0.25, -0.2) is 24.7 Å². The van der Waals surface area contributed by atoms with Crippen molar-refractivity contribution >= 4 is 46.2 Å². The van der Waals surface area contributed by atoms with Crippen LogP contribution in [-0.2, 0) is 4.74 Å². The normalized spacial score (nSPS) is 15.6. The number of benzene rings is 2. The molecule has 11 heteroatoms. The second-order valence-electron chi connectivity index (χ2n) is 11.9. The highest BCUT2D eigenvalue weighted by molar-refractivity contribution is 7.15. The summed E-state index contributed by atoms with van der Waals surface area (Å²) in [6, 6.07) is 12.0. The number of rotatable bonds is 7. The Morgan fingerprint density at radius 2 is 1.93 bits per heavy atom. The summed E-state index contributed by atoms with van der Waals surface area (Å²) < 4.78 is 12.2. The van der Waals surface area contributed by atoms with E-state index in [0.29, 0.717) is 30.6 Å². The minimum Gasteiger partial charge on any atom is -0.444 e. The molecule has 0 aliphatic carbocycles. The molecule has 1 N–H and O–H groups in total. The molecule has 0 radical (unpaired) electrons. The van der Waals surface area contributed by atoms with Crippen molar-refractivity contribution in [2.75, 3.05) is 32.5 Å². The summed E-state index contributed by atoms with van der Waals surface area (Å²) in [7, 11) is 3.90. The van der Waals surface area contributed by atoms with E-state index in [1.165, 1.54) is 11.3 Å². The second kappa shape index (κ2) is 12.5. The van der Waals surface area contributed by atoms with Crippen LogP contribution in [0.2, 0.25) is 0 Å². The standard InChI is InChI=1S/C32H39N7O3S/c1-20-17-26(34-19-38(6)7)23-12-8-9-13-24(23)27(20)41-29-28(43-21(2)35-29)25-14-15-33-30(37-25)36-22-11-10-16-39(18-22)31(40)42-32(3,4)5/h8-9,12-15,17,19,22H,10-11,16,18H2,1-7H3,(H,33,36,37)/t22-/m0/s1. The van der Waals surface area contributed by atoms with Crippen LogP contribution >= 0.6 is 11.3 Å². The highest BCUT2D eigenvalue weighted by atomic mass is 32.1. The summed E-state index contributed by atoms with van der Waals surface area (Å²) >= 11 is 1.52. The topological polar surface area (TPSA) is 105 Å². The van der Waals surface area contributed by atoms with Crippen LogP contribution < -0.4 is 10.1 Å². The number of aliphatic imine (C=N–C) groups is 1. The first-order chi connectivity index (χ1) is 20.5. The van der Waals surface area contributed by atoms with Crippen molar-refractivity contribution in [3.05, 3.63) is 53.2 Å². The zero-order valence-electron chi connectivity index (χ0n) is 25.8. The summed E-state index contributed by atoms with van der Waals surface area (Å²) in [6.45, 7) is 10.8. The fraction of sp³-hybridized carbons (Fsp3) is 0.406. The lowest BCUT2D eigenvalue weighted by Crippen LogP contribution is -2.47. The van der Waals surface area contributed by atoms with Crippen molar-refractivity contribution in [3.63, 3.8) is 0 Å². The van der Waals surface area contributed by atoms with Gasteiger partial charge in [0.1, 0.15) is 16.2 Å². The molecule has 10 nitrogen and oxygen atoms in total. The van der Waals surface area contributed by atoms with Gasteiger partial charge in [0, 0.05) is 50.2 Å². The van der Waals surface area contributed by atoms with E-state index in [4.69, 9.17) is 19.4 Å². The fourth-order valence-electron chi connectivity index (χ4n) is 4.95. The third kappa shape index (κ3) is 7.40. The number of carbonyl (C=O) groups is 1. The van der Waals surface area contributed by atoms with E-state index in [1.54, 1.807) is 17.4 Å². The Bertz CT molecular complexity index is 1640. The van der Waals surface area contributed by atoms with E-state index in [-0.39, 0.29) is 12.1 Å². The van der Waals surface area contributed by atoms with Gasteiger partial charge in [0.05, 0.1) is 22.7 Å². The van der Waals surface area contributed by atoms with Gasteiger partial charge >= 0.3 is 6.09 Å². The van der Waals surface area contributed by atoms with Crippen LogP contribution in [0.15, 0.2) is 47.6 Å². The monoisotopic (exact) mass is 601 g/mol. The third-order valence-electron chi connectivity index (χ3n) is 6.78. The van der Waals surface area contributed by atoms with Gasteiger partial charge in [-0.05, 0) is 65.2 Å². The van der Waals surface area contributed by atoms with Gasteiger partial charge in [0.15, 0.2) is 0 Å². The average molecular weight is 602 g/mol. The molecule has 43 heavy (non-hydrogen) atoms. The van der Waals surface area contributed by atoms with Crippen molar-refractivity contribution in [3.8, 4) is 22.2 Å². The number of nitrogens with zero attached hydrogens (tertiary/aromatic N) is 6. The zero-order chi connectivity index (χ0) is 30.7. The van der Waals surface area contributed by atoms with Gasteiger partial charge in [-0.15, -0.1) is 11.3 Å². The van der Waals surface area contributed by atoms with Crippen LogP contribution in [0.4, 0.5) is 16.4 Å². The van der Waals surface area contributed by atoms with Crippen LogP contribution in [0.25, 0.3) is 21.3 Å². The van der Waals surface area contributed by atoms with Gasteiger partial charge in [0.25, 0.3) is 0 Å². The highest BCUT2D eigenvalue weighted by Crippen LogP contribution is 2.42. The molecular formula is C32H39N7O3S. The average Bonchev–Trinajstić information content (AvgIpc) is 3.33. The predicted octanol–water partition coefficient (Wildman–Crippen LogP) is 7.20. The Kier molecular flexibility index (Phi) is 8.82. The molecule has 0 saturated carbocycles. The van der Waals surface area contributed by atoms with Crippen LogP contribution in [0.3, 0.4) is 0 Å². The van der Waals surface area contributed by atoms with Crippen molar-refractivity contribution in [1.82, 2.24) is 24.8 Å². The van der Waals surface area contributed by atoms with Crippen LogP contribution in [-0.4, -0.2) is 76.0 Å². The first-order valence-corrected chi connectivity index (χ1v) is 15.2. The van der Waals surface area contributed by atoms with Crippen molar-refractivity contribution in [2.45, 2.75) is 59.1 Å². The second-order valence-corrected chi connectivity index (χ2v) is 13.1. The van der Waals surface area contributed by atoms with Gasteiger partial charge < -0.3 is 24.6 Å². The number of aromatic nitrogens is 3. The van der Waals surface area contributed by atoms with E-state index < -0.39 is 5.60 Å². The number of amides is 1. The lowest BCUT2D eigenvalue weighted by molar-refractivity contribution is 0.0206. The quantitative estimate of drug-likeness (QED) is 0.175. The number of aryl methyl sites for hydroxylation is 2. The maximum Gasteiger partial charge on any atom is 0.410 e. The maximum absolute atomic E-state index is 12.6. The van der Waals surface area contributed by atoms with E-state index in [1.807, 2.05) is 83.9 Å². The van der Waals surface area contributed by atoms with Crippen molar-refractivity contribution in [2.24, 2.45) is 4.99 Å². The van der Waals surface area contributed by atoms with E-state index in [9.17, 15) is 4.79 Å². The molecule has 2 aromatic carbocycles. The Labute approximate surface area is 256 Å². The van der Waals surface area contributed by atoms with Crippen molar-refractivity contribution in [1.29, 1.82) is 0 Å². The minimum absolute atomic E-state index is 0.0121. The van der Waals surface area contributed by atoms with E-state index in [0.717, 1.165) is 50.5 Å².